The maximum Gasteiger partial charge on any atom is 0.247 e. The lowest BCUT2D eigenvalue weighted by Gasteiger charge is -2.19. The molecule has 0 atom stereocenters. The minimum absolute atomic E-state index is 0.172. The fourth-order valence-corrected chi connectivity index (χ4v) is 2.80. The molecule has 0 saturated carbocycles. The first-order valence-electron chi connectivity index (χ1n) is 8.69. The first-order valence-corrected chi connectivity index (χ1v) is 8.69. The summed E-state index contributed by atoms with van der Waals surface area (Å²) in [5.74, 6) is 2.28. The van der Waals surface area contributed by atoms with Gasteiger partial charge < -0.3 is 15.0 Å². The fourth-order valence-electron chi connectivity index (χ4n) is 2.80. The Kier molecular flexibility index (Phi) is 5.46. The van der Waals surface area contributed by atoms with Gasteiger partial charge in [-0.05, 0) is 51.0 Å². The molecule has 1 aliphatic heterocycles. The van der Waals surface area contributed by atoms with Crippen LogP contribution in [0, 0.1) is 0 Å². The second-order valence-electron chi connectivity index (χ2n) is 6.36. The zero-order valence-corrected chi connectivity index (χ0v) is 14.4. The summed E-state index contributed by atoms with van der Waals surface area (Å²) in [6.07, 6.45) is 6.78. The van der Waals surface area contributed by atoms with Crippen LogP contribution in [0.5, 0.6) is 5.75 Å². The Morgan fingerprint density at radius 2 is 1.75 bits per heavy atom. The highest BCUT2D eigenvalue weighted by Gasteiger charge is 2.13. The molecule has 1 aromatic carbocycles. The summed E-state index contributed by atoms with van der Waals surface area (Å²) in [5, 5.41) is 11.6. The molecule has 1 fully saturated rings. The summed E-state index contributed by atoms with van der Waals surface area (Å²) in [6.45, 7) is 6.05. The van der Waals surface area contributed by atoms with Crippen molar-refractivity contribution >= 4 is 17.5 Å². The van der Waals surface area contributed by atoms with Gasteiger partial charge in [0.05, 0.1) is 12.3 Å². The molecular weight excluding hydrogens is 302 g/mol. The van der Waals surface area contributed by atoms with E-state index < -0.39 is 0 Å². The van der Waals surface area contributed by atoms with E-state index in [0.717, 1.165) is 24.5 Å². The molecular formula is C18H25N5O. The molecule has 128 valence electrons. The average Bonchev–Trinajstić information content (AvgIpc) is 2.86. The van der Waals surface area contributed by atoms with Crippen molar-refractivity contribution in [3.8, 4) is 5.75 Å². The Labute approximate surface area is 143 Å². The van der Waals surface area contributed by atoms with E-state index >= 15 is 0 Å². The van der Waals surface area contributed by atoms with Crippen molar-refractivity contribution in [3.05, 3.63) is 30.5 Å². The van der Waals surface area contributed by atoms with E-state index in [1.54, 1.807) is 6.20 Å². The maximum atomic E-state index is 5.66. The molecule has 3 rings (SSSR count). The van der Waals surface area contributed by atoms with Crippen molar-refractivity contribution < 1.29 is 4.74 Å². The van der Waals surface area contributed by atoms with E-state index in [2.05, 4.69) is 25.4 Å². The summed E-state index contributed by atoms with van der Waals surface area (Å²) in [7, 11) is 0. The van der Waals surface area contributed by atoms with Crippen LogP contribution in [0.4, 0.5) is 17.5 Å². The monoisotopic (exact) mass is 327 g/mol. The Morgan fingerprint density at radius 1 is 1.04 bits per heavy atom. The van der Waals surface area contributed by atoms with Crippen molar-refractivity contribution in [2.75, 3.05) is 23.3 Å². The molecule has 0 radical (unpaired) electrons. The second-order valence-corrected chi connectivity index (χ2v) is 6.36. The number of benzene rings is 1. The van der Waals surface area contributed by atoms with Gasteiger partial charge in [0.2, 0.25) is 5.95 Å². The van der Waals surface area contributed by atoms with E-state index in [0.29, 0.717) is 11.8 Å². The largest absolute Gasteiger partial charge is 0.491 e. The molecule has 0 unspecified atom stereocenters. The molecule has 6 nitrogen and oxygen atoms in total. The van der Waals surface area contributed by atoms with Gasteiger partial charge in [-0.25, -0.2) is 0 Å². The van der Waals surface area contributed by atoms with Gasteiger partial charge in [-0.3, -0.25) is 0 Å². The molecule has 1 aromatic heterocycles. The van der Waals surface area contributed by atoms with E-state index in [-0.39, 0.29) is 6.10 Å². The van der Waals surface area contributed by atoms with Crippen LogP contribution >= 0.6 is 0 Å². The van der Waals surface area contributed by atoms with Crippen LogP contribution in [0.3, 0.4) is 0 Å². The van der Waals surface area contributed by atoms with Crippen LogP contribution in [0.1, 0.15) is 39.5 Å². The van der Waals surface area contributed by atoms with Gasteiger partial charge in [0, 0.05) is 18.8 Å². The predicted octanol–water partition coefficient (Wildman–Crippen LogP) is 3.78. The molecule has 2 aromatic rings. The summed E-state index contributed by atoms with van der Waals surface area (Å²) >= 11 is 0. The number of aromatic nitrogens is 3. The van der Waals surface area contributed by atoms with E-state index in [4.69, 9.17) is 4.74 Å². The third-order valence-electron chi connectivity index (χ3n) is 3.94. The number of rotatable bonds is 5. The summed E-state index contributed by atoms with van der Waals surface area (Å²) < 4.78 is 5.66. The van der Waals surface area contributed by atoms with Gasteiger partial charge in [0.15, 0.2) is 5.82 Å². The number of ether oxygens (including phenoxy) is 1. The van der Waals surface area contributed by atoms with Gasteiger partial charge in [0.25, 0.3) is 0 Å². The quantitative estimate of drug-likeness (QED) is 0.901. The number of nitrogens with one attached hydrogen (secondary N) is 1. The van der Waals surface area contributed by atoms with Gasteiger partial charge >= 0.3 is 0 Å². The highest BCUT2D eigenvalue weighted by Crippen LogP contribution is 2.21. The van der Waals surface area contributed by atoms with E-state index in [1.807, 2.05) is 38.1 Å². The number of hydrogen-bond acceptors (Lipinski definition) is 6. The molecule has 0 bridgehead atoms. The second kappa shape index (κ2) is 7.95. The fraction of sp³-hybridized carbons (Fsp3) is 0.500. The van der Waals surface area contributed by atoms with Crippen molar-refractivity contribution in [1.29, 1.82) is 0 Å². The number of nitrogens with zero attached hydrogens (tertiary/aromatic N) is 4. The standard InChI is InChI=1S/C18H25N5O/c1-14(2)24-16-9-7-15(8-10-16)20-17-13-19-22-18(21-17)23-11-5-3-4-6-12-23/h7-10,13-14H,3-6,11-12H2,1-2H3,(H,20,21,22). The Hall–Kier alpha value is -2.37. The van der Waals surface area contributed by atoms with Crippen LogP contribution in [-0.2, 0) is 0 Å². The summed E-state index contributed by atoms with van der Waals surface area (Å²) in [5.41, 5.74) is 0.952. The first-order chi connectivity index (χ1) is 11.7. The Bertz CT molecular complexity index is 636. The van der Waals surface area contributed by atoms with Crippen molar-refractivity contribution in [2.24, 2.45) is 0 Å². The lowest BCUT2D eigenvalue weighted by atomic mass is 10.2. The SMILES string of the molecule is CC(C)Oc1ccc(Nc2cnnc(N3CCCCCC3)n2)cc1. The Balaban J connectivity index is 1.67. The average molecular weight is 327 g/mol. The lowest BCUT2D eigenvalue weighted by molar-refractivity contribution is 0.242. The zero-order valence-electron chi connectivity index (χ0n) is 14.4. The van der Waals surface area contributed by atoms with Crippen molar-refractivity contribution in [3.63, 3.8) is 0 Å². The summed E-state index contributed by atoms with van der Waals surface area (Å²) in [4.78, 5) is 6.84. The summed E-state index contributed by atoms with van der Waals surface area (Å²) in [6, 6.07) is 7.86. The van der Waals surface area contributed by atoms with Gasteiger partial charge in [-0.2, -0.15) is 10.1 Å². The normalized spacial score (nSPS) is 15.2. The third kappa shape index (κ3) is 4.57. The number of anilines is 3. The van der Waals surface area contributed by atoms with Gasteiger partial charge in [-0.15, -0.1) is 5.10 Å². The highest BCUT2D eigenvalue weighted by molar-refractivity contribution is 5.57. The predicted molar refractivity (Wildman–Crippen MR) is 96.0 cm³/mol. The highest BCUT2D eigenvalue weighted by atomic mass is 16.5. The molecule has 0 amide bonds. The van der Waals surface area contributed by atoms with Crippen LogP contribution < -0.4 is 15.0 Å². The maximum absolute atomic E-state index is 5.66. The van der Waals surface area contributed by atoms with Crippen LogP contribution in [-0.4, -0.2) is 34.4 Å². The lowest BCUT2D eigenvalue weighted by Crippen LogP contribution is -2.26. The minimum atomic E-state index is 0.172. The van der Waals surface area contributed by atoms with Crippen LogP contribution in [0.2, 0.25) is 0 Å². The van der Waals surface area contributed by atoms with Crippen molar-refractivity contribution in [2.45, 2.75) is 45.6 Å². The van der Waals surface area contributed by atoms with Crippen LogP contribution in [0.15, 0.2) is 30.5 Å². The molecule has 2 heterocycles. The Morgan fingerprint density at radius 3 is 2.42 bits per heavy atom. The van der Waals surface area contributed by atoms with Gasteiger partial charge in [0.1, 0.15) is 5.75 Å². The van der Waals surface area contributed by atoms with E-state index in [9.17, 15) is 0 Å². The minimum Gasteiger partial charge on any atom is -0.491 e. The van der Waals surface area contributed by atoms with Gasteiger partial charge in [-0.1, -0.05) is 12.8 Å². The molecule has 1 aliphatic rings. The topological polar surface area (TPSA) is 63.2 Å². The smallest absolute Gasteiger partial charge is 0.247 e. The number of hydrogen-bond donors (Lipinski definition) is 1. The third-order valence-corrected chi connectivity index (χ3v) is 3.94. The van der Waals surface area contributed by atoms with Crippen LogP contribution in [0.25, 0.3) is 0 Å². The van der Waals surface area contributed by atoms with Crippen molar-refractivity contribution in [1.82, 2.24) is 15.2 Å². The molecule has 0 aliphatic carbocycles. The zero-order chi connectivity index (χ0) is 16.8. The van der Waals surface area contributed by atoms with E-state index in [1.165, 1.54) is 25.7 Å². The molecule has 1 saturated heterocycles. The molecule has 0 spiro atoms. The molecule has 24 heavy (non-hydrogen) atoms. The first kappa shape index (κ1) is 16.5. The molecule has 1 N–H and O–H groups in total. The molecule has 6 heteroatoms.